The molecule has 0 aromatic carbocycles. The lowest BCUT2D eigenvalue weighted by atomic mass is 9.90. The molecule has 2 N–H and O–H groups in total. The molecule has 0 aliphatic heterocycles. The molecule has 1 aromatic rings. The minimum atomic E-state index is -0.466. The van der Waals surface area contributed by atoms with Crippen molar-refractivity contribution in [1.29, 1.82) is 0 Å². The fraction of sp³-hybridized carbons (Fsp3) is 0.615. The number of aliphatic hydroxyl groups excluding tert-OH is 1. The number of ether oxygens (including phenoxy) is 1. The second kappa shape index (κ2) is 6.56. The standard InChI is InChI=1S/C13H21NO4/c1-13(2,5-6-15)9-14-8-10-4-7-18-11(10)12(16)17-3/h4,7,14-15H,5-6,8-9H2,1-3H3. The van der Waals surface area contributed by atoms with Crippen LogP contribution >= 0.6 is 0 Å². The maximum absolute atomic E-state index is 11.4. The number of hydrogen-bond donors (Lipinski definition) is 2. The summed E-state index contributed by atoms with van der Waals surface area (Å²) in [6.07, 6.45) is 2.21. The average molecular weight is 255 g/mol. The molecule has 1 aromatic heterocycles. The van der Waals surface area contributed by atoms with Crippen LogP contribution in [0.3, 0.4) is 0 Å². The van der Waals surface area contributed by atoms with Gasteiger partial charge in [0, 0.05) is 25.3 Å². The van der Waals surface area contributed by atoms with Gasteiger partial charge in [-0.15, -0.1) is 0 Å². The zero-order chi connectivity index (χ0) is 13.6. The van der Waals surface area contributed by atoms with Gasteiger partial charge in [-0.25, -0.2) is 4.79 Å². The molecule has 5 heteroatoms. The summed E-state index contributed by atoms with van der Waals surface area (Å²) in [6.45, 7) is 5.61. The van der Waals surface area contributed by atoms with Gasteiger partial charge in [-0.3, -0.25) is 0 Å². The molecule has 5 nitrogen and oxygen atoms in total. The van der Waals surface area contributed by atoms with Crippen LogP contribution in [0.5, 0.6) is 0 Å². The lowest BCUT2D eigenvalue weighted by Crippen LogP contribution is -2.30. The van der Waals surface area contributed by atoms with Crippen LogP contribution in [0, 0.1) is 5.41 Å². The molecule has 1 heterocycles. The van der Waals surface area contributed by atoms with Crippen molar-refractivity contribution in [2.24, 2.45) is 5.41 Å². The van der Waals surface area contributed by atoms with Gasteiger partial charge in [0.1, 0.15) is 0 Å². The second-order valence-electron chi connectivity index (χ2n) is 5.01. The van der Waals surface area contributed by atoms with Crippen LogP contribution in [-0.2, 0) is 11.3 Å². The number of nitrogens with one attached hydrogen (secondary N) is 1. The van der Waals surface area contributed by atoms with Gasteiger partial charge in [0.05, 0.1) is 13.4 Å². The predicted octanol–water partition coefficient (Wildman–Crippen LogP) is 1.56. The Morgan fingerprint density at radius 2 is 2.28 bits per heavy atom. The normalized spacial score (nSPS) is 11.6. The lowest BCUT2D eigenvalue weighted by molar-refractivity contribution is 0.0563. The third-order valence-electron chi connectivity index (χ3n) is 2.83. The van der Waals surface area contributed by atoms with E-state index in [1.165, 1.54) is 13.4 Å². The highest BCUT2D eigenvalue weighted by molar-refractivity contribution is 5.87. The number of carbonyl (C=O) groups excluding carboxylic acids is 1. The van der Waals surface area contributed by atoms with E-state index >= 15 is 0 Å². The number of hydrogen-bond acceptors (Lipinski definition) is 5. The van der Waals surface area contributed by atoms with E-state index in [0.29, 0.717) is 6.54 Å². The van der Waals surface area contributed by atoms with Gasteiger partial charge in [0.15, 0.2) is 0 Å². The van der Waals surface area contributed by atoms with Crippen molar-refractivity contribution in [2.75, 3.05) is 20.3 Å². The molecule has 1 rings (SSSR count). The second-order valence-corrected chi connectivity index (χ2v) is 5.01. The van der Waals surface area contributed by atoms with Crippen molar-refractivity contribution in [2.45, 2.75) is 26.8 Å². The smallest absolute Gasteiger partial charge is 0.374 e. The molecule has 0 radical (unpaired) electrons. The molecule has 0 fully saturated rings. The molecule has 0 atom stereocenters. The summed E-state index contributed by atoms with van der Waals surface area (Å²) in [7, 11) is 1.33. The van der Waals surface area contributed by atoms with Crippen LogP contribution in [0.25, 0.3) is 0 Å². The first-order valence-electron chi connectivity index (χ1n) is 5.96. The molecule has 0 spiro atoms. The SMILES string of the molecule is COC(=O)c1occc1CNCC(C)(C)CCO. The first-order chi connectivity index (χ1) is 8.50. The van der Waals surface area contributed by atoms with E-state index in [1.807, 2.05) is 0 Å². The Balaban J connectivity index is 2.49. The summed E-state index contributed by atoms with van der Waals surface area (Å²) in [5.41, 5.74) is 0.797. The van der Waals surface area contributed by atoms with Crippen LogP contribution < -0.4 is 5.32 Å². The number of carbonyl (C=O) groups is 1. The van der Waals surface area contributed by atoms with E-state index in [-0.39, 0.29) is 17.8 Å². The van der Waals surface area contributed by atoms with Crippen molar-refractivity contribution < 1.29 is 19.1 Å². The topological polar surface area (TPSA) is 71.7 Å². The Labute approximate surface area is 107 Å². The van der Waals surface area contributed by atoms with Gasteiger partial charge in [0.2, 0.25) is 5.76 Å². The lowest BCUT2D eigenvalue weighted by Gasteiger charge is -2.23. The summed E-state index contributed by atoms with van der Waals surface area (Å²) >= 11 is 0. The molecular weight excluding hydrogens is 234 g/mol. The van der Waals surface area contributed by atoms with Gasteiger partial charge in [-0.05, 0) is 17.9 Å². The van der Waals surface area contributed by atoms with E-state index in [0.717, 1.165) is 18.5 Å². The molecular formula is C13H21NO4. The molecule has 0 aliphatic carbocycles. The van der Waals surface area contributed by atoms with Crippen molar-refractivity contribution in [3.63, 3.8) is 0 Å². The zero-order valence-corrected chi connectivity index (χ0v) is 11.2. The number of furan rings is 1. The molecule has 0 aliphatic rings. The summed E-state index contributed by atoms with van der Waals surface area (Å²) in [5, 5.41) is 12.2. The maximum atomic E-state index is 11.4. The number of esters is 1. The van der Waals surface area contributed by atoms with E-state index in [2.05, 4.69) is 23.9 Å². The fourth-order valence-corrected chi connectivity index (χ4v) is 1.67. The monoisotopic (exact) mass is 255 g/mol. The molecule has 0 saturated carbocycles. The average Bonchev–Trinajstić information content (AvgIpc) is 2.76. The van der Waals surface area contributed by atoms with Crippen LogP contribution in [-0.4, -0.2) is 31.3 Å². The van der Waals surface area contributed by atoms with Gasteiger partial charge < -0.3 is 19.6 Å². The molecule has 0 amide bonds. The first kappa shape index (κ1) is 14.7. The highest BCUT2D eigenvalue weighted by atomic mass is 16.5. The van der Waals surface area contributed by atoms with E-state index in [9.17, 15) is 4.79 Å². The molecule has 0 unspecified atom stereocenters. The van der Waals surface area contributed by atoms with Gasteiger partial charge in [-0.1, -0.05) is 13.8 Å². The zero-order valence-electron chi connectivity index (χ0n) is 11.2. The van der Waals surface area contributed by atoms with Gasteiger partial charge in [-0.2, -0.15) is 0 Å². The van der Waals surface area contributed by atoms with E-state index in [4.69, 9.17) is 9.52 Å². The Bertz CT molecular complexity index is 384. The van der Waals surface area contributed by atoms with Gasteiger partial charge in [0.25, 0.3) is 0 Å². The first-order valence-corrected chi connectivity index (χ1v) is 5.96. The summed E-state index contributed by atoms with van der Waals surface area (Å²) in [5.74, 6) is -0.226. The quantitative estimate of drug-likeness (QED) is 0.723. The Morgan fingerprint density at radius 1 is 1.56 bits per heavy atom. The summed E-state index contributed by atoms with van der Waals surface area (Å²) < 4.78 is 9.72. The highest BCUT2D eigenvalue weighted by Gasteiger charge is 2.18. The number of aliphatic hydroxyl groups is 1. The molecule has 18 heavy (non-hydrogen) atoms. The minimum absolute atomic E-state index is 0.0178. The molecule has 0 saturated heterocycles. The summed E-state index contributed by atoms with van der Waals surface area (Å²) in [6, 6.07) is 1.75. The largest absolute Gasteiger partial charge is 0.463 e. The third kappa shape index (κ3) is 4.16. The highest BCUT2D eigenvalue weighted by Crippen LogP contribution is 2.18. The Morgan fingerprint density at radius 3 is 2.89 bits per heavy atom. The summed E-state index contributed by atoms with van der Waals surface area (Å²) in [4.78, 5) is 11.4. The van der Waals surface area contributed by atoms with Crippen molar-refractivity contribution in [3.8, 4) is 0 Å². The van der Waals surface area contributed by atoms with Crippen LogP contribution in [0.1, 0.15) is 36.4 Å². The van der Waals surface area contributed by atoms with E-state index in [1.54, 1.807) is 6.07 Å². The maximum Gasteiger partial charge on any atom is 0.374 e. The number of methoxy groups -OCH3 is 1. The van der Waals surface area contributed by atoms with Crippen molar-refractivity contribution in [3.05, 3.63) is 23.7 Å². The van der Waals surface area contributed by atoms with Crippen LogP contribution in [0.2, 0.25) is 0 Å². The van der Waals surface area contributed by atoms with Crippen molar-refractivity contribution in [1.82, 2.24) is 5.32 Å². The van der Waals surface area contributed by atoms with Crippen LogP contribution in [0.4, 0.5) is 0 Å². The predicted molar refractivity (Wildman–Crippen MR) is 67.2 cm³/mol. The van der Waals surface area contributed by atoms with Crippen molar-refractivity contribution >= 4 is 5.97 Å². The van der Waals surface area contributed by atoms with E-state index < -0.39 is 5.97 Å². The minimum Gasteiger partial charge on any atom is -0.463 e. The number of rotatable bonds is 7. The van der Waals surface area contributed by atoms with Crippen LogP contribution in [0.15, 0.2) is 16.7 Å². The fourth-order valence-electron chi connectivity index (χ4n) is 1.67. The van der Waals surface area contributed by atoms with Gasteiger partial charge >= 0.3 is 5.97 Å². The molecule has 0 bridgehead atoms. The Kier molecular flexibility index (Phi) is 5.37. The third-order valence-corrected chi connectivity index (χ3v) is 2.83. The molecule has 102 valence electrons. The Hall–Kier alpha value is -1.33.